The van der Waals surface area contributed by atoms with Crippen molar-refractivity contribution >= 4 is 35.5 Å². The lowest BCUT2D eigenvalue weighted by Crippen LogP contribution is -2.62. The van der Waals surface area contributed by atoms with Gasteiger partial charge in [0, 0.05) is 0 Å². The lowest BCUT2D eigenvalue weighted by Gasteiger charge is -2.31. The fourth-order valence-electron chi connectivity index (χ4n) is 5.37. The van der Waals surface area contributed by atoms with E-state index < -0.39 is 90.4 Å². The Morgan fingerprint density at radius 2 is 1.10 bits per heavy atom. The monoisotopic (exact) mass is 683 g/mol. The van der Waals surface area contributed by atoms with Crippen LogP contribution < -0.4 is 26.6 Å². The zero-order valence-corrected chi connectivity index (χ0v) is 30.1. The first kappa shape index (κ1) is 42.8. The van der Waals surface area contributed by atoms with Crippen LogP contribution in [0.15, 0.2) is 0 Å². The van der Waals surface area contributed by atoms with Crippen LogP contribution in [0.4, 0.5) is 0 Å². The largest absolute Gasteiger partial charge is 0.451 e. The molecule has 1 aliphatic rings. The molecule has 0 aromatic rings. The Balaban J connectivity index is 3.67. The molecule has 8 atom stereocenters. The van der Waals surface area contributed by atoms with Crippen LogP contribution in [0.1, 0.15) is 113 Å². The summed E-state index contributed by atoms with van der Waals surface area (Å²) in [6, 6.07) is -6.55. The first-order valence-electron chi connectivity index (χ1n) is 17.6. The standard InChI is InChI=1S/C34H61N5O9/c1-9-11-12-13-14-15-26-32(45)35-23(16-19(3)4)29(42)37-25(18-40)31(44)39-28(22(8)41)33(46)36-24(17-20(5)6)30(43)38-27(21(7)10-2)34(47)48-26/h19-28,40-41H,9-18H2,1-8H3,(H,35,45)(H,36,46)(H,37,42)(H,38,43)(H,39,44)/t21?,22?,23-,24-,25+,26?,27+,28+/m1/s1. The van der Waals surface area contributed by atoms with Crippen LogP contribution in [-0.4, -0.2) is 94.7 Å². The quantitative estimate of drug-likeness (QED) is 0.103. The highest BCUT2D eigenvalue weighted by atomic mass is 16.5. The minimum absolute atomic E-state index is 0.0811. The van der Waals surface area contributed by atoms with Gasteiger partial charge < -0.3 is 41.5 Å². The zero-order chi connectivity index (χ0) is 36.6. The maximum absolute atomic E-state index is 13.7. The molecule has 7 N–H and O–H groups in total. The van der Waals surface area contributed by atoms with Gasteiger partial charge in [0.1, 0.15) is 30.2 Å². The third-order valence-electron chi connectivity index (χ3n) is 8.44. The van der Waals surface area contributed by atoms with Crippen molar-refractivity contribution in [2.45, 2.75) is 156 Å². The van der Waals surface area contributed by atoms with Crippen LogP contribution in [-0.2, 0) is 33.5 Å². The Hall–Kier alpha value is -3.26. The van der Waals surface area contributed by atoms with Crippen molar-refractivity contribution in [3.63, 3.8) is 0 Å². The minimum Gasteiger partial charge on any atom is -0.451 e. The summed E-state index contributed by atoms with van der Waals surface area (Å²) in [4.78, 5) is 81.1. The van der Waals surface area contributed by atoms with E-state index >= 15 is 0 Å². The summed E-state index contributed by atoms with van der Waals surface area (Å²) in [7, 11) is 0. The number of hydrogen-bond acceptors (Lipinski definition) is 9. The number of amides is 5. The van der Waals surface area contributed by atoms with Gasteiger partial charge in [-0.2, -0.15) is 0 Å². The van der Waals surface area contributed by atoms with E-state index in [1.807, 2.05) is 34.6 Å². The van der Waals surface area contributed by atoms with Gasteiger partial charge in [0.25, 0.3) is 5.91 Å². The maximum Gasteiger partial charge on any atom is 0.329 e. The van der Waals surface area contributed by atoms with Gasteiger partial charge in [-0.05, 0) is 50.4 Å². The number of unbranched alkanes of at least 4 members (excludes halogenated alkanes) is 4. The second-order valence-corrected chi connectivity index (χ2v) is 13.9. The highest BCUT2D eigenvalue weighted by Crippen LogP contribution is 2.17. The van der Waals surface area contributed by atoms with Crippen LogP contribution in [0.5, 0.6) is 0 Å². The average Bonchev–Trinajstić information content (AvgIpc) is 3.01. The number of cyclic esters (lactones) is 1. The first-order valence-corrected chi connectivity index (χ1v) is 17.6. The highest BCUT2D eigenvalue weighted by Gasteiger charge is 2.38. The summed E-state index contributed by atoms with van der Waals surface area (Å²) in [5, 5.41) is 33.2. The molecule has 0 saturated carbocycles. The molecule has 0 bridgehead atoms. The predicted molar refractivity (Wildman–Crippen MR) is 180 cm³/mol. The van der Waals surface area contributed by atoms with Crippen molar-refractivity contribution in [1.29, 1.82) is 0 Å². The van der Waals surface area contributed by atoms with E-state index in [0.29, 0.717) is 12.8 Å². The average molecular weight is 684 g/mol. The second-order valence-electron chi connectivity index (χ2n) is 13.9. The van der Waals surface area contributed by atoms with Crippen molar-refractivity contribution in [2.75, 3.05) is 6.61 Å². The number of aliphatic hydroxyl groups is 2. The Kier molecular flexibility index (Phi) is 19.3. The number of carbonyl (C=O) groups excluding carboxylic acids is 6. The summed E-state index contributed by atoms with van der Waals surface area (Å²) >= 11 is 0. The van der Waals surface area contributed by atoms with Crippen molar-refractivity contribution in [1.82, 2.24) is 26.6 Å². The molecule has 0 spiro atoms. The van der Waals surface area contributed by atoms with Gasteiger partial charge in [-0.15, -0.1) is 0 Å². The number of ether oxygens (including phenoxy) is 1. The van der Waals surface area contributed by atoms with Crippen LogP contribution in [0.3, 0.4) is 0 Å². The third-order valence-corrected chi connectivity index (χ3v) is 8.44. The van der Waals surface area contributed by atoms with Gasteiger partial charge in [-0.1, -0.05) is 80.6 Å². The van der Waals surface area contributed by atoms with Gasteiger partial charge in [0.15, 0.2) is 6.10 Å². The van der Waals surface area contributed by atoms with E-state index in [1.54, 1.807) is 6.92 Å². The molecule has 1 heterocycles. The molecule has 276 valence electrons. The van der Waals surface area contributed by atoms with Gasteiger partial charge in [-0.25, -0.2) is 4.79 Å². The first-order chi connectivity index (χ1) is 22.6. The van der Waals surface area contributed by atoms with Crippen molar-refractivity contribution in [3.05, 3.63) is 0 Å². The van der Waals surface area contributed by atoms with Crippen molar-refractivity contribution in [3.8, 4) is 0 Å². The molecule has 0 radical (unpaired) electrons. The lowest BCUT2D eigenvalue weighted by molar-refractivity contribution is -0.161. The van der Waals surface area contributed by atoms with E-state index in [9.17, 15) is 39.0 Å². The van der Waals surface area contributed by atoms with Gasteiger partial charge >= 0.3 is 5.97 Å². The Bertz CT molecular complexity index is 1070. The molecule has 0 aromatic carbocycles. The number of nitrogens with one attached hydrogen (secondary N) is 5. The molecule has 1 rings (SSSR count). The van der Waals surface area contributed by atoms with E-state index in [4.69, 9.17) is 4.74 Å². The molecule has 5 amide bonds. The van der Waals surface area contributed by atoms with E-state index in [1.165, 1.54) is 6.92 Å². The number of hydrogen-bond donors (Lipinski definition) is 7. The van der Waals surface area contributed by atoms with E-state index in [-0.39, 0.29) is 31.1 Å². The topological polar surface area (TPSA) is 212 Å². The third kappa shape index (κ3) is 14.5. The predicted octanol–water partition coefficient (Wildman–Crippen LogP) is 1.21. The lowest BCUT2D eigenvalue weighted by atomic mass is 9.97. The number of aliphatic hydroxyl groups excluding tert-OH is 2. The summed E-state index contributed by atoms with van der Waals surface area (Å²) in [6.07, 6.45) is 2.65. The van der Waals surface area contributed by atoms with Crippen LogP contribution in [0.25, 0.3) is 0 Å². The minimum atomic E-state index is -1.55. The summed E-state index contributed by atoms with van der Waals surface area (Å²) < 4.78 is 5.81. The van der Waals surface area contributed by atoms with Crippen LogP contribution in [0.2, 0.25) is 0 Å². The fraction of sp³-hybridized carbons (Fsp3) is 0.824. The summed E-state index contributed by atoms with van der Waals surface area (Å²) in [5.41, 5.74) is 0. The normalized spacial score (nSPS) is 26.8. The Labute approximate surface area is 285 Å². The molecule has 0 aliphatic carbocycles. The number of esters is 1. The molecular weight excluding hydrogens is 622 g/mol. The SMILES string of the molecule is CCCCCCCC1OC(=O)[C@H](C(C)CC)NC(=O)[C@@H](CC(C)C)NC(=O)[C@H](C(C)O)NC(=O)[C@H](CO)NC(=O)[C@@H](CC(C)C)NC1=O. The van der Waals surface area contributed by atoms with Crippen LogP contribution in [0, 0.1) is 17.8 Å². The Morgan fingerprint density at radius 3 is 1.60 bits per heavy atom. The molecule has 3 unspecified atom stereocenters. The summed E-state index contributed by atoms with van der Waals surface area (Å²) in [5.74, 6) is -5.35. The molecule has 1 saturated heterocycles. The molecular formula is C34H61N5O9. The van der Waals surface area contributed by atoms with Crippen molar-refractivity contribution < 1.29 is 43.7 Å². The number of carbonyl (C=O) groups is 6. The Morgan fingerprint density at radius 1 is 0.625 bits per heavy atom. The van der Waals surface area contributed by atoms with Gasteiger partial charge in [0.2, 0.25) is 23.6 Å². The molecule has 14 heteroatoms. The smallest absolute Gasteiger partial charge is 0.329 e. The molecule has 0 aromatic heterocycles. The molecule has 1 fully saturated rings. The molecule has 1 aliphatic heterocycles. The molecule has 14 nitrogen and oxygen atoms in total. The zero-order valence-electron chi connectivity index (χ0n) is 30.1. The van der Waals surface area contributed by atoms with Crippen LogP contribution >= 0.6 is 0 Å². The highest BCUT2D eigenvalue weighted by molar-refractivity contribution is 5.97. The van der Waals surface area contributed by atoms with E-state index in [2.05, 4.69) is 33.5 Å². The maximum atomic E-state index is 13.7. The molecule has 48 heavy (non-hydrogen) atoms. The van der Waals surface area contributed by atoms with Crippen molar-refractivity contribution in [2.24, 2.45) is 17.8 Å². The number of rotatable bonds is 14. The van der Waals surface area contributed by atoms with E-state index in [0.717, 1.165) is 25.7 Å². The van der Waals surface area contributed by atoms with Gasteiger partial charge in [-0.3, -0.25) is 24.0 Å². The van der Waals surface area contributed by atoms with Gasteiger partial charge in [0.05, 0.1) is 12.7 Å². The second kappa shape index (κ2) is 21.7. The fourth-order valence-corrected chi connectivity index (χ4v) is 5.37. The summed E-state index contributed by atoms with van der Waals surface area (Å²) in [6.45, 7) is 13.4.